The van der Waals surface area contributed by atoms with Crippen molar-refractivity contribution in [3.8, 4) is 5.69 Å². The minimum absolute atomic E-state index is 0.00141. The summed E-state index contributed by atoms with van der Waals surface area (Å²) in [4.78, 5) is 36.0. The molecule has 3 heterocycles. The first-order valence-corrected chi connectivity index (χ1v) is 13.7. The van der Waals surface area contributed by atoms with Crippen LogP contribution in [0, 0.1) is 25.7 Å². The SMILES string of the molecule is Cc1ccc(-n2c(SCC(=O)N3C[C@@H](C)C[C@H](C)C3)nc3sc4c(c3c2=O)CCC4)c(C)c1. The smallest absolute Gasteiger partial charge is 0.267 e. The lowest BCUT2D eigenvalue weighted by molar-refractivity contribution is -0.130. The first-order valence-electron chi connectivity index (χ1n) is 11.9. The lowest BCUT2D eigenvalue weighted by atomic mass is 9.92. The highest BCUT2D eigenvalue weighted by Gasteiger charge is 2.27. The fourth-order valence-corrected chi connectivity index (χ4v) is 7.69. The van der Waals surface area contributed by atoms with E-state index in [-0.39, 0.29) is 11.5 Å². The number of likely N-dealkylation sites (tertiary alicyclic amines) is 1. The average Bonchev–Trinajstić information content (AvgIpc) is 3.33. The normalized spacial score (nSPS) is 20.4. The Bertz CT molecular complexity index is 1280. The predicted octanol–water partition coefficient (Wildman–Crippen LogP) is 5.15. The van der Waals surface area contributed by atoms with Crippen molar-refractivity contribution in [2.75, 3.05) is 18.8 Å². The second-order valence-electron chi connectivity index (χ2n) is 9.90. The van der Waals surface area contributed by atoms with E-state index in [1.54, 1.807) is 15.9 Å². The lowest BCUT2D eigenvalue weighted by Crippen LogP contribution is -2.43. The molecule has 0 spiro atoms. The molecule has 1 amide bonds. The maximum Gasteiger partial charge on any atom is 0.267 e. The highest BCUT2D eigenvalue weighted by molar-refractivity contribution is 7.99. The average molecular weight is 482 g/mol. The molecule has 174 valence electrons. The van der Waals surface area contributed by atoms with Crippen LogP contribution in [-0.2, 0) is 17.6 Å². The van der Waals surface area contributed by atoms with Gasteiger partial charge in [-0.3, -0.25) is 14.2 Å². The van der Waals surface area contributed by atoms with E-state index in [1.165, 1.54) is 28.6 Å². The van der Waals surface area contributed by atoms with Gasteiger partial charge in [0.2, 0.25) is 5.91 Å². The standard InChI is InChI=1S/C26H31N3O2S2/c1-15-8-9-20(18(4)11-15)29-25(31)23-19-6-5-7-21(19)33-24(23)27-26(29)32-14-22(30)28-12-16(2)10-17(3)13-28/h8-9,11,16-17H,5-7,10,12-14H2,1-4H3/t16-,17-/m0/s1. The molecule has 1 saturated heterocycles. The van der Waals surface area contributed by atoms with Gasteiger partial charge in [0.05, 0.1) is 16.8 Å². The molecule has 0 N–H and O–H groups in total. The number of rotatable bonds is 4. The number of piperidine rings is 1. The van der Waals surface area contributed by atoms with Crippen molar-refractivity contribution < 1.29 is 4.79 Å². The number of thioether (sulfide) groups is 1. The van der Waals surface area contributed by atoms with Gasteiger partial charge in [-0.1, -0.05) is 43.3 Å². The summed E-state index contributed by atoms with van der Waals surface area (Å²) in [6.45, 7) is 10.2. The summed E-state index contributed by atoms with van der Waals surface area (Å²) in [6.07, 6.45) is 4.27. The van der Waals surface area contributed by atoms with Crippen LogP contribution >= 0.6 is 23.1 Å². The Morgan fingerprint density at radius 3 is 2.67 bits per heavy atom. The van der Waals surface area contributed by atoms with Crippen LogP contribution in [0.3, 0.4) is 0 Å². The van der Waals surface area contributed by atoms with Gasteiger partial charge >= 0.3 is 0 Å². The number of aryl methyl sites for hydroxylation is 4. The Balaban J connectivity index is 1.55. The van der Waals surface area contributed by atoms with Gasteiger partial charge < -0.3 is 4.90 Å². The third kappa shape index (κ3) is 4.26. The van der Waals surface area contributed by atoms with Gasteiger partial charge in [0.25, 0.3) is 5.56 Å². The second kappa shape index (κ2) is 8.91. The van der Waals surface area contributed by atoms with Crippen LogP contribution in [-0.4, -0.2) is 39.2 Å². The number of carbonyl (C=O) groups is 1. The van der Waals surface area contributed by atoms with Crippen LogP contribution in [0.15, 0.2) is 28.2 Å². The fraction of sp³-hybridized carbons (Fsp3) is 0.500. The van der Waals surface area contributed by atoms with Crippen molar-refractivity contribution in [1.82, 2.24) is 14.5 Å². The van der Waals surface area contributed by atoms with Crippen molar-refractivity contribution >= 4 is 39.2 Å². The van der Waals surface area contributed by atoms with Crippen molar-refractivity contribution in [3.05, 3.63) is 50.1 Å². The topological polar surface area (TPSA) is 55.2 Å². The predicted molar refractivity (Wildman–Crippen MR) is 137 cm³/mol. The van der Waals surface area contributed by atoms with Gasteiger partial charge in [-0.05, 0) is 68.6 Å². The van der Waals surface area contributed by atoms with Crippen LogP contribution in [0.5, 0.6) is 0 Å². The molecule has 5 rings (SSSR count). The third-order valence-electron chi connectivity index (χ3n) is 6.85. The molecule has 7 heteroatoms. The highest BCUT2D eigenvalue weighted by atomic mass is 32.2. The molecule has 0 saturated carbocycles. The number of benzene rings is 1. The molecule has 2 aromatic heterocycles. The minimum Gasteiger partial charge on any atom is -0.341 e. The van der Waals surface area contributed by atoms with E-state index >= 15 is 0 Å². The Kier molecular flexibility index (Phi) is 6.12. The largest absolute Gasteiger partial charge is 0.341 e. The molecule has 0 radical (unpaired) electrons. The summed E-state index contributed by atoms with van der Waals surface area (Å²) in [5.74, 6) is 1.49. The van der Waals surface area contributed by atoms with Crippen LogP contribution in [0.4, 0.5) is 0 Å². The Morgan fingerprint density at radius 2 is 1.94 bits per heavy atom. The van der Waals surface area contributed by atoms with Gasteiger partial charge in [0.15, 0.2) is 5.16 Å². The number of amides is 1. The van der Waals surface area contributed by atoms with Gasteiger partial charge in [-0.2, -0.15) is 0 Å². The zero-order chi connectivity index (χ0) is 23.3. The van der Waals surface area contributed by atoms with E-state index in [0.717, 1.165) is 59.4 Å². The zero-order valence-corrected chi connectivity index (χ0v) is 21.4. The first-order chi connectivity index (χ1) is 15.8. The number of thiophene rings is 1. The summed E-state index contributed by atoms with van der Waals surface area (Å²) in [7, 11) is 0. The van der Waals surface area contributed by atoms with E-state index in [1.807, 2.05) is 24.0 Å². The monoisotopic (exact) mass is 481 g/mol. The maximum absolute atomic E-state index is 13.9. The van der Waals surface area contributed by atoms with Crippen molar-refractivity contribution in [3.63, 3.8) is 0 Å². The van der Waals surface area contributed by atoms with Crippen LogP contribution in [0.25, 0.3) is 15.9 Å². The van der Waals surface area contributed by atoms with Gasteiger partial charge in [-0.25, -0.2) is 4.98 Å². The molecule has 0 bridgehead atoms. The molecule has 1 fully saturated rings. The van der Waals surface area contributed by atoms with Crippen LogP contribution in [0.2, 0.25) is 0 Å². The van der Waals surface area contributed by atoms with Crippen molar-refractivity contribution in [2.24, 2.45) is 11.8 Å². The van der Waals surface area contributed by atoms with Crippen LogP contribution in [0.1, 0.15) is 48.3 Å². The summed E-state index contributed by atoms with van der Waals surface area (Å²) in [5.41, 5.74) is 4.24. The van der Waals surface area contributed by atoms with E-state index in [0.29, 0.717) is 22.7 Å². The molecule has 2 aliphatic rings. The lowest BCUT2D eigenvalue weighted by Gasteiger charge is -2.35. The summed E-state index contributed by atoms with van der Waals surface area (Å²) < 4.78 is 1.75. The summed E-state index contributed by atoms with van der Waals surface area (Å²) >= 11 is 3.05. The van der Waals surface area contributed by atoms with E-state index in [9.17, 15) is 9.59 Å². The third-order valence-corrected chi connectivity index (χ3v) is 8.96. The number of nitrogens with zero attached hydrogens (tertiary/aromatic N) is 3. The summed E-state index contributed by atoms with van der Waals surface area (Å²) in [5, 5.41) is 1.40. The molecule has 1 aliphatic heterocycles. The summed E-state index contributed by atoms with van der Waals surface area (Å²) in [6, 6.07) is 6.14. The minimum atomic E-state index is 0.00141. The fourth-order valence-electron chi connectivity index (χ4n) is 5.47. The molecule has 1 aromatic carbocycles. The van der Waals surface area contributed by atoms with Crippen molar-refractivity contribution in [1.29, 1.82) is 0 Å². The quantitative estimate of drug-likeness (QED) is 0.382. The molecule has 1 aliphatic carbocycles. The number of hydrogen-bond donors (Lipinski definition) is 0. The number of carbonyl (C=O) groups excluding carboxylic acids is 1. The van der Waals surface area contributed by atoms with E-state index < -0.39 is 0 Å². The number of aromatic nitrogens is 2. The molecule has 2 atom stereocenters. The Morgan fingerprint density at radius 1 is 1.18 bits per heavy atom. The van der Waals surface area contributed by atoms with Crippen molar-refractivity contribution in [2.45, 2.75) is 58.5 Å². The maximum atomic E-state index is 13.9. The molecular formula is C26H31N3O2S2. The Hall–Kier alpha value is -2.12. The van der Waals surface area contributed by atoms with Gasteiger partial charge in [-0.15, -0.1) is 11.3 Å². The molecule has 3 aromatic rings. The number of fused-ring (bicyclic) bond motifs is 3. The molecule has 5 nitrogen and oxygen atoms in total. The first kappa shape index (κ1) is 22.7. The Labute approximate surface area is 203 Å². The van der Waals surface area contributed by atoms with E-state index in [4.69, 9.17) is 4.98 Å². The zero-order valence-electron chi connectivity index (χ0n) is 19.8. The molecular weight excluding hydrogens is 450 g/mol. The van der Waals surface area contributed by atoms with Crippen LogP contribution < -0.4 is 5.56 Å². The van der Waals surface area contributed by atoms with Gasteiger partial charge in [0, 0.05) is 18.0 Å². The molecule has 33 heavy (non-hydrogen) atoms. The van der Waals surface area contributed by atoms with E-state index in [2.05, 4.69) is 26.8 Å². The van der Waals surface area contributed by atoms with Gasteiger partial charge in [0.1, 0.15) is 4.83 Å². The number of hydrogen-bond acceptors (Lipinski definition) is 5. The second-order valence-corrected chi connectivity index (χ2v) is 11.9. The highest BCUT2D eigenvalue weighted by Crippen LogP contribution is 2.36. The molecule has 0 unspecified atom stereocenters.